The van der Waals surface area contributed by atoms with E-state index in [1.807, 2.05) is 12.1 Å². The minimum atomic E-state index is 0.277. The summed E-state index contributed by atoms with van der Waals surface area (Å²) in [4.78, 5) is 0. The fourth-order valence-corrected chi connectivity index (χ4v) is 5.32. The van der Waals surface area contributed by atoms with Gasteiger partial charge in [0.15, 0.2) is 0 Å². The van der Waals surface area contributed by atoms with E-state index in [9.17, 15) is 0 Å². The molecule has 4 aromatic carbocycles. The Balaban J connectivity index is 0.000000133. The molecule has 1 heteroatoms. The first-order chi connectivity index (χ1) is 18.3. The molecule has 2 aliphatic rings. The van der Waals surface area contributed by atoms with Crippen LogP contribution < -0.4 is 0 Å². The second kappa shape index (κ2) is 12.8. The molecule has 0 heterocycles. The average Bonchev–Trinajstić information content (AvgIpc) is 3.48. The van der Waals surface area contributed by atoms with Gasteiger partial charge in [0.2, 0.25) is 0 Å². The maximum absolute atomic E-state index is 3.39. The number of hydrogen-bond donors (Lipinski definition) is 0. The number of allylic oxidation sites excluding steroid dienone is 4. The van der Waals surface area contributed by atoms with Crippen molar-refractivity contribution in [1.82, 2.24) is 0 Å². The van der Waals surface area contributed by atoms with Crippen LogP contribution in [0.1, 0.15) is 62.4 Å². The molecule has 0 amide bonds. The zero-order valence-electron chi connectivity index (χ0n) is 23.2. The molecule has 0 spiro atoms. The van der Waals surface area contributed by atoms with Crippen molar-refractivity contribution < 1.29 is 24.2 Å². The molecule has 0 N–H and O–H groups in total. The number of benzene rings is 4. The molecule has 0 nitrogen and oxygen atoms in total. The topological polar surface area (TPSA) is 0 Å². The SMILES string of the molecule is CC(C)(C)c1ccc([CH]=[Zr+2])cc1.CC1=[C-]C(C)C=C1c1ccccc1.[c-]1cccc2c1Cc1ccccc1-2. The molecule has 188 valence electrons. The van der Waals surface area contributed by atoms with Crippen LogP contribution in [0.5, 0.6) is 0 Å². The summed E-state index contributed by atoms with van der Waals surface area (Å²) in [6, 6.07) is 37.4. The van der Waals surface area contributed by atoms with E-state index in [2.05, 4.69) is 141 Å². The summed E-state index contributed by atoms with van der Waals surface area (Å²) in [5, 5.41) is 0. The second-order valence-corrected chi connectivity index (χ2v) is 11.6. The van der Waals surface area contributed by atoms with Gasteiger partial charge in [-0.1, -0.05) is 85.5 Å². The monoisotopic (exact) mass is 570 g/mol. The molecule has 0 bridgehead atoms. The summed E-state index contributed by atoms with van der Waals surface area (Å²) in [7, 11) is 0. The molecule has 6 rings (SSSR count). The molecular formula is C37H36Zr. The molecular weight excluding hydrogens is 536 g/mol. The van der Waals surface area contributed by atoms with Crippen molar-refractivity contribution in [3.05, 3.63) is 149 Å². The van der Waals surface area contributed by atoms with Crippen LogP contribution in [0.15, 0.2) is 109 Å². The van der Waals surface area contributed by atoms with Gasteiger partial charge in [0.05, 0.1) is 0 Å². The third-order valence-electron chi connectivity index (χ3n) is 6.91. The summed E-state index contributed by atoms with van der Waals surface area (Å²) in [6.45, 7) is 11.0. The van der Waals surface area contributed by atoms with Crippen molar-refractivity contribution >= 4 is 9.28 Å². The minimum Gasteiger partial charge on any atom is -0.266 e. The molecule has 38 heavy (non-hydrogen) atoms. The molecule has 0 radical (unpaired) electrons. The fourth-order valence-electron chi connectivity index (χ4n) is 4.84. The van der Waals surface area contributed by atoms with E-state index in [4.69, 9.17) is 0 Å². The van der Waals surface area contributed by atoms with Gasteiger partial charge in [-0.25, -0.2) is 5.57 Å². The van der Waals surface area contributed by atoms with Crippen molar-refractivity contribution in [2.75, 3.05) is 0 Å². The second-order valence-electron chi connectivity index (χ2n) is 10.9. The Kier molecular flexibility index (Phi) is 9.46. The van der Waals surface area contributed by atoms with Crippen LogP contribution in [0.25, 0.3) is 16.7 Å². The summed E-state index contributed by atoms with van der Waals surface area (Å²) in [5.74, 6) is 0.468. The van der Waals surface area contributed by atoms with E-state index in [1.54, 1.807) is 0 Å². The van der Waals surface area contributed by atoms with E-state index in [0.717, 1.165) is 6.42 Å². The average molecular weight is 572 g/mol. The van der Waals surface area contributed by atoms with Crippen LogP contribution in [0.3, 0.4) is 0 Å². The Labute approximate surface area is 244 Å². The predicted molar refractivity (Wildman–Crippen MR) is 160 cm³/mol. The van der Waals surface area contributed by atoms with Crippen LogP contribution in [0.2, 0.25) is 0 Å². The third kappa shape index (κ3) is 7.15. The van der Waals surface area contributed by atoms with Crippen LogP contribution in [0.4, 0.5) is 0 Å². The van der Waals surface area contributed by atoms with Gasteiger partial charge in [0, 0.05) is 0 Å². The summed E-state index contributed by atoms with van der Waals surface area (Å²) >= 11 is 1.46. The normalized spacial score (nSPS) is 15.1. The largest absolute Gasteiger partial charge is 0.266 e. The van der Waals surface area contributed by atoms with Crippen LogP contribution in [-0.2, 0) is 36.1 Å². The van der Waals surface area contributed by atoms with Crippen molar-refractivity contribution in [1.29, 1.82) is 0 Å². The maximum atomic E-state index is 3.39. The number of rotatable bonds is 2. The molecule has 0 fully saturated rings. The van der Waals surface area contributed by atoms with Gasteiger partial charge in [0.1, 0.15) is 0 Å². The van der Waals surface area contributed by atoms with Crippen molar-refractivity contribution in [3.63, 3.8) is 0 Å². The molecule has 0 saturated carbocycles. The van der Waals surface area contributed by atoms with Gasteiger partial charge >= 0.3 is 89.5 Å². The van der Waals surface area contributed by atoms with Gasteiger partial charge in [-0.05, 0) is 6.42 Å². The first-order valence-electron chi connectivity index (χ1n) is 13.3. The van der Waals surface area contributed by atoms with Gasteiger partial charge in [-0.15, -0.1) is 11.1 Å². The van der Waals surface area contributed by atoms with Crippen LogP contribution in [-0.4, -0.2) is 3.71 Å². The molecule has 1 atom stereocenters. The first-order valence-corrected chi connectivity index (χ1v) is 14.7. The zero-order valence-corrected chi connectivity index (χ0v) is 25.6. The Bertz CT molecular complexity index is 1390. The first kappa shape index (κ1) is 28.1. The summed E-state index contributed by atoms with van der Waals surface area (Å²) in [5.41, 5.74) is 12.4. The molecule has 0 aliphatic heterocycles. The van der Waals surface area contributed by atoms with Crippen LogP contribution in [0, 0.1) is 18.1 Å². The van der Waals surface area contributed by atoms with E-state index < -0.39 is 0 Å². The Morgan fingerprint density at radius 3 is 2.11 bits per heavy atom. The smallest absolute Gasteiger partial charge is 0.0253 e. The third-order valence-corrected chi connectivity index (χ3v) is 7.73. The molecule has 2 aliphatic carbocycles. The maximum Gasteiger partial charge on any atom is -0.0253 e. The number of hydrogen-bond acceptors (Lipinski definition) is 0. The van der Waals surface area contributed by atoms with E-state index in [1.165, 1.54) is 74.3 Å². The number of fused-ring (bicyclic) bond motifs is 3. The molecule has 4 aromatic rings. The van der Waals surface area contributed by atoms with E-state index in [0.29, 0.717) is 5.92 Å². The van der Waals surface area contributed by atoms with Crippen LogP contribution >= 0.6 is 0 Å². The minimum absolute atomic E-state index is 0.277. The van der Waals surface area contributed by atoms with E-state index in [-0.39, 0.29) is 5.41 Å². The summed E-state index contributed by atoms with van der Waals surface area (Å²) in [6.07, 6.45) is 6.71. The van der Waals surface area contributed by atoms with Gasteiger partial charge in [0.25, 0.3) is 0 Å². The Morgan fingerprint density at radius 1 is 0.816 bits per heavy atom. The fraction of sp³-hybridized carbons (Fsp3) is 0.216. The van der Waals surface area contributed by atoms with Crippen molar-refractivity contribution in [2.45, 2.75) is 46.5 Å². The Hall–Kier alpha value is -2.89. The van der Waals surface area contributed by atoms with Crippen molar-refractivity contribution in [3.8, 4) is 11.1 Å². The van der Waals surface area contributed by atoms with Gasteiger partial charge < -0.3 is 0 Å². The Morgan fingerprint density at radius 2 is 1.47 bits per heavy atom. The predicted octanol–water partition coefficient (Wildman–Crippen LogP) is 9.21. The van der Waals surface area contributed by atoms with Gasteiger partial charge in [-0.2, -0.15) is 41.5 Å². The molecule has 0 aromatic heterocycles. The summed E-state index contributed by atoms with van der Waals surface area (Å²) < 4.78 is 2.21. The molecule has 1 unspecified atom stereocenters. The van der Waals surface area contributed by atoms with E-state index >= 15 is 0 Å². The van der Waals surface area contributed by atoms with Gasteiger partial charge in [-0.3, -0.25) is 6.08 Å². The standard InChI is InChI=1S/C13H9.C13H13.C11H14.Zr/c1-3-7-12-10(5-1)9-11-6-2-4-8-13(11)12;1-10-8-11(2)13(9-10)12-6-4-3-5-7-12;1-9-5-7-10(8-6-9)11(2,3)4;/h1-5,7-8H,9H2;3-7,9-10H,1-2H3;1,5-8H,2-4H3;/q2*-1;;+2. The molecule has 0 saturated heterocycles. The van der Waals surface area contributed by atoms with Crippen molar-refractivity contribution in [2.24, 2.45) is 5.92 Å². The zero-order chi connectivity index (χ0) is 27.1. The quantitative estimate of drug-likeness (QED) is 0.185.